The van der Waals surface area contributed by atoms with E-state index in [-0.39, 0.29) is 18.2 Å². The van der Waals surface area contributed by atoms with Crippen molar-refractivity contribution in [2.45, 2.75) is 23.1 Å². The predicted molar refractivity (Wildman–Crippen MR) is 141 cm³/mol. The van der Waals surface area contributed by atoms with Crippen molar-refractivity contribution >= 4 is 29.3 Å². The summed E-state index contributed by atoms with van der Waals surface area (Å²) in [5.74, 6) is -0.256. The van der Waals surface area contributed by atoms with E-state index in [4.69, 9.17) is 0 Å². The number of nitrogens with zero attached hydrogens (tertiary/aromatic N) is 2. The average molecular weight is 500 g/mol. The fourth-order valence-electron chi connectivity index (χ4n) is 3.69. The van der Waals surface area contributed by atoms with Crippen LogP contribution in [0.2, 0.25) is 0 Å². The number of hydrogen-bond donors (Lipinski definition) is 1. The number of likely N-dealkylation sites (N-methyl/N-ethyl adjacent to an activating group) is 1. The van der Waals surface area contributed by atoms with Gasteiger partial charge in [0.2, 0.25) is 5.91 Å². The molecule has 5 nitrogen and oxygen atoms in total. The van der Waals surface area contributed by atoms with Crippen molar-refractivity contribution < 1.29 is 14.0 Å². The van der Waals surface area contributed by atoms with Crippen LogP contribution in [0.25, 0.3) is 0 Å². The second kappa shape index (κ2) is 12.1. The molecule has 1 N–H and O–H groups in total. The summed E-state index contributed by atoms with van der Waals surface area (Å²) in [6.07, 6.45) is 3.62. The lowest BCUT2D eigenvalue weighted by molar-refractivity contribution is -0.120. The molecule has 1 aromatic heterocycles. The lowest BCUT2D eigenvalue weighted by Crippen LogP contribution is -2.46. The number of halogens is 1. The van der Waals surface area contributed by atoms with Gasteiger partial charge in [-0.25, -0.2) is 4.39 Å². The Morgan fingerprint density at radius 2 is 1.61 bits per heavy atom. The van der Waals surface area contributed by atoms with E-state index in [1.165, 1.54) is 34.7 Å². The molecule has 0 spiro atoms. The van der Waals surface area contributed by atoms with Crippen LogP contribution in [0, 0.1) is 5.82 Å². The number of thioether (sulfide) groups is 1. The SMILES string of the molecule is CN(C(=O)c1ccc(F)cc1)[C@@H](Cc1cccnc1)C(=O)Nc1ccc(SCc2ccccc2)cc1. The minimum Gasteiger partial charge on any atom is -0.329 e. The molecule has 0 fully saturated rings. The molecule has 4 aromatic rings. The predicted octanol–water partition coefficient (Wildman–Crippen LogP) is 5.84. The number of pyridine rings is 1. The van der Waals surface area contributed by atoms with Crippen molar-refractivity contribution in [1.29, 1.82) is 0 Å². The molecule has 0 saturated heterocycles. The van der Waals surface area contributed by atoms with Crippen LogP contribution in [0.15, 0.2) is 108 Å². The zero-order valence-electron chi connectivity index (χ0n) is 19.8. The van der Waals surface area contributed by atoms with Gasteiger partial charge in [-0.05, 0) is 65.7 Å². The second-order valence-corrected chi connectivity index (χ2v) is 9.34. The van der Waals surface area contributed by atoms with Gasteiger partial charge < -0.3 is 10.2 Å². The van der Waals surface area contributed by atoms with Crippen molar-refractivity contribution in [3.05, 3.63) is 126 Å². The summed E-state index contributed by atoms with van der Waals surface area (Å²) in [7, 11) is 1.58. The van der Waals surface area contributed by atoms with E-state index in [1.807, 2.05) is 48.5 Å². The van der Waals surface area contributed by atoms with Gasteiger partial charge in [-0.2, -0.15) is 0 Å². The van der Waals surface area contributed by atoms with Crippen LogP contribution in [-0.4, -0.2) is 34.8 Å². The van der Waals surface area contributed by atoms with Gasteiger partial charge in [-0.1, -0.05) is 36.4 Å². The van der Waals surface area contributed by atoms with Crippen molar-refractivity contribution in [3.8, 4) is 0 Å². The highest BCUT2D eigenvalue weighted by molar-refractivity contribution is 7.98. The molecule has 0 aliphatic carbocycles. The van der Waals surface area contributed by atoms with E-state index in [0.717, 1.165) is 16.2 Å². The maximum absolute atomic E-state index is 13.4. The molecule has 3 aromatic carbocycles. The summed E-state index contributed by atoms with van der Waals surface area (Å²) in [5.41, 5.74) is 3.02. The molecule has 0 bridgehead atoms. The Balaban J connectivity index is 1.46. The molecule has 0 aliphatic heterocycles. The van der Waals surface area contributed by atoms with E-state index in [9.17, 15) is 14.0 Å². The Labute approximate surface area is 214 Å². The maximum atomic E-state index is 13.4. The highest BCUT2D eigenvalue weighted by Gasteiger charge is 2.28. The summed E-state index contributed by atoms with van der Waals surface area (Å²) in [6.45, 7) is 0. The topological polar surface area (TPSA) is 62.3 Å². The number of rotatable bonds is 9. The van der Waals surface area contributed by atoms with Crippen molar-refractivity contribution in [2.24, 2.45) is 0 Å². The monoisotopic (exact) mass is 499 g/mol. The Hall–Kier alpha value is -3.97. The quantitative estimate of drug-likeness (QED) is 0.294. The molecule has 4 rings (SSSR count). The van der Waals surface area contributed by atoms with Crippen LogP contribution < -0.4 is 5.32 Å². The van der Waals surface area contributed by atoms with E-state index in [1.54, 1.807) is 37.3 Å². The van der Waals surface area contributed by atoms with Crippen LogP contribution in [0.4, 0.5) is 10.1 Å². The first kappa shape index (κ1) is 25.1. The normalized spacial score (nSPS) is 11.5. The molecule has 36 heavy (non-hydrogen) atoms. The van der Waals surface area contributed by atoms with Gasteiger partial charge in [-0.3, -0.25) is 14.6 Å². The molecule has 1 heterocycles. The van der Waals surface area contributed by atoms with Gasteiger partial charge in [0.05, 0.1) is 0 Å². The molecule has 0 unspecified atom stereocenters. The Morgan fingerprint density at radius 3 is 2.28 bits per heavy atom. The van der Waals surface area contributed by atoms with Crippen LogP contribution in [0.3, 0.4) is 0 Å². The van der Waals surface area contributed by atoms with Gasteiger partial charge >= 0.3 is 0 Å². The second-order valence-electron chi connectivity index (χ2n) is 8.29. The molecule has 7 heteroatoms. The third kappa shape index (κ3) is 6.79. The van der Waals surface area contributed by atoms with Crippen molar-refractivity contribution in [2.75, 3.05) is 12.4 Å². The molecule has 0 saturated carbocycles. The Morgan fingerprint density at radius 1 is 0.917 bits per heavy atom. The van der Waals surface area contributed by atoms with Gasteiger partial charge in [0.25, 0.3) is 5.91 Å². The van der Waals surface area contributed by atoms with Gasteiger partial charge in [0, 0.05) is 47.8 Å². The summed E-state index contributed by atoms with van der Waals surface area (Å²) in [4.78, 5) is 33.0. The minimum absolute atomic E-state index is 0.286. The van der Waals surface area contributed by atoms with Crippen LogP contribution in [0.5, 0.6) is 0 Å². The number of nitrogens with one attached hydrogen (secondary N) is 1. The zero-order chi connectivity index (χ0) is 25.3. The van der Waals surface area contributed by atoms with E-state index in [0.29, 0.717) is 11.3 Å². The molecule has 1 atom stereocenters. The smallest absolute Gasteiger partial charge is 0.254 e. The molecular weight excluding hydrogens is 473 g/mol. The highest BCUT2D eigenvalue weighted by atomic mass is 32.2. The first-order chi connectivity index (χ1) is 17.5. The van der Waals surface area contributed by atoms with Crippen molar-refractivity contribution in [1.82, 2.24) is 9.88 Å². The van der Waals surface area contributed by atoms with E-state index < -0.39 is 11.9 Å². The third-order valence-electron chi connectivity index (χ3n) is 5.70. The van der Waals surface area contributed by atoms with Crippen LogP contribution >= 0.6 is 11.8 Å². The van der Waals surface area contributed by atoms with Crippen molar-refractivity contribution in [3.63, 3.8) is 0 Å². The van der Waals surface area contributed by atoms with Gasteiger partial charge in [0.1, 0.15) is 11.9 Å². The summed E-state index contributed by atoms with van der Waals surface area (Å²) < 4.78 is 13.3. The van der Waals surface area contributed by atoms with E-state index in [2.05, 4.69) is 22.4 Å². The number of amides is 2. The van der Waals surface area contributed by atoms with Crippen LogP contribution in [-0.2, 0) is 17.0 Å². The van der Waals surface area contributed by atoms with Gasteiger partial charge in [0.15, 0.2) is 0 Å². The summed E-state index contributed by atoms with van der Waals surface area (Å²) in [6, 6.07) is 26.0. The first-order valence-electron chi connectivity index (χ1n) is 11.5. The summed E-state index contributed by atoms with van der Waals surface area (Å²) in [5, 5.41) is 2.94. The fraction of sp³-hybridized carbons (Fsp3) is 0.138. The van der Waals surface area contributed by atoms with E-state index >= 15 is 0 Å². The summed E-state index contributed by atoms with van der Waals surface area (Å²) >= 11 is 1.72. The largest absolute Gasteiger partial charge is 0.329 e. The number of benzene rings is 3. The third-order valence-corrected chi connectivity index (χ3v) is 6.79. The lowest BCUT2D eigenvalue weighted by atomic mass is 10.0. The lowest BCUT2D eigenvalue weighted by Gasteiger charge is -2.27. The number of aromatic nitrogens is 1. The number of hydrogen-bond acceptors (Lipinski definition) is 4. The Bertz CT molecular complexity index is 1280. The fourth-order valence-corrected chi connectivity index (χ4v) is 4.54. The van der Waals surface area contributed by atoms with Crippen LogP contribution in [0.1, 0.15) is 21.5 Å². The molecule has 0 aliphatic rings. The molecular formula is C29H26FN3O2S. The standard InChI is InChI=1S/C29H26FN3O2S/c1-33(29(35)23-9-11-24(30)12-10-23)27(18-22-8-5-17-31-19-22)28(34)32-25-13-15-26(16-14-25)36-20-21-6-3-2-4-7-21/h2-17,19,27H,18,20H2,1H3,(H,32,34)/t27-/m0/s1. The zero-order valence-corrected chi connectivity index (χ0v) is 20.6. The number of carbonyl (C=O) groups is 2. The minimum atomic E-state index is -0.793. The molecule has 2 amide bonds. The average Bonchev–Trinajstić information content (AvgIpc) is 2.92. The number of carbonyl (C=O) groups excluding carboxylic acids is 2. The highest BCUT2D eigenvalue weighted by Crippen LogP contribution is 2.24. The molecule has 182 valence electrons. The molecule has 0 radical (unpaired) electrons. The Kier molecular flexibility index (Phi) is 8.47. The maximum Gasteiger partial charge on any atom is 0.254 e. The number of anilines is 1. The van der Waals surface area contributed by atoms with Gasteiger partial charge in [-0.15, -0.1) is 11.8 Å². The first-order valence-corrected chi connectivity index (χ1v) is 12.5.